The van der Waals surface area contributed by atoms with Crippen LogP contribution in [0.3, 0.4) is 0 Å². The van der Waals surface area contributed by atoms with Crippen LogP contribution in [0.4, 0.5) is 0 Å². The van der Waals surface area contributed by atoms with Crippen molar-refractivity contribution in [3.8, 4) is 0 Å². The zero-order chi connectivity index (χ0) is 13.8. The van der Waals surface area contributed by atoms with Gasteiger partial charge in [0.05, 0.1) is 11.8 Å². The smallest absolute Gasteiger partial charge is 0.214 e. The quantitative estimate of drug-likeness (QED) is 0.570. The zero-order valence-electron chi connectivity index (χ0n) is 10.5. The van der Waals surface area contributed by atoms with Crippen LogP contribution in [0.1, 0.15) is 12.6 Å². The summed E-state index contributed by atoms with van der Waals surface area (Å²) >= 11 is 0. The highest BCUT2D eigenvalue weighted by atomic mass is 32.2. The molecule has 0 spiro atoms. The van der Waals surface area contributed by atoms with Gasteiger partial charge in [0.15, 0.2) is 0 Å². The Kier molecular flexibility index (Phi) is 4.80. The monoisotopic (exact) mass is 270 g/mol. The van der Waals surface area contributed by atoms with E-state index in [9.17, 15) is 8.42 Å². The summed E-state index contributed by atoms with van der Waals surface area (Å²) in [6, 6.07) is 4.75. The molecule has 100 valence electrons. The van der Waals surface area contributed by atoms with Crippen LogP contribution < -0.4 is 5.73 Å². The fraction of sp³-hybridized carbons (Fsp3) is 0.455. The zero-order valence-corrected chi connectivity index (χ0v) is 11.3. The van der Waals surface area contributed by atoms with Crippen molar-refractivity contribution in [1.82, 2.24) is 9.29 Å². The largest absolute Gasteiger partial charge is 0.386 e. The van der Waals surface area contributed by atoms with Crippen LogP contribution in [0.5, 0.6) is 0 Å². The molecule has 1 atom stereocenters. The maximum absolute atomic E-state index is 12.0. The fourth-order valence-corrected chi connectivity index (χ4v) is 2.71. The third kappa shape index (κ3) is 3.78. The number of sulfonamides is 1. The second-order valence-electron chi connectivity index (χ2n) is 4.03. The van der Waals surface area contributed by atoms with Crippen LogP contribution >= 0.6 is 0 Å². The number of aryl methyl sites for hydroxylation is 1. The van der Waals surface area contributed by atoms with Crippen molar-refractivity contribution in [2.45, 2.75) is 19.4 Å². The molecular formula is C11H18N4O2S. The number of aromatic nitrogens is 1. The normalized spacial score (nSPS) is 13.5. The summed E-state index contributed by atoms with van der Waals surface area (Å²) in [5.74, 6) is -0.211. The summed E-state index contributed by atoms with van der Waals surface area (Å²) in [6.07, 6.45) is 1.97. The summed E-state index contributed by atoms with van der Waals surface area (Å²) in [4.78, 5) is 4.07. The molecule has 1 rings (SSSR count). The van der Waals surface area contributed by atoms with Gasteiger partial charge >= 0.3 is 0 Å². The molecule has 0 saturated carbocycles. The second-order valence-corrected chi connectivity index (χ2v) is 6.18. The molecule has 1 aromatic heterocycles. The van der Waals surface area contributed by atoms with Crippen LogP contribution in [-0.4, -0.2) is 42.4 Å². The lowest BCUT2D eigenvalue weighted by Crippen LogP contribution is -2.44. The minimum absolute atomic E-state index is 0.0435. The van der Waals surface area contributed by atoms with Gasteiger partial charge in [-0.05, 0) is 19.1 Å². The Bertz CT molecular complexity index is 501. The molecule has 7 heteroatoms. The molecule has 1 unspecified atom stereocenters. The van der Waals surface area contributed by atoms with Crippen molar-refractivity contribution >= 4 is 15.9 Å². The van der Waals surface area contributed by atoms with E-state index in [4.69, 9.17) is 11.1 Å². The van der Waals surface area contributed by atoms with Crippen LogP contribution in [0.25, 0.3) is 0 Å². The molecule has 0 radical (unpaired) electrons. The molecule has 0 aliphatic carbocycles. The number of nitrogens with two attached hydrogens (primary N) is 1. The SMILES string of the molecule is CC(C(=N)N)N(C)S(=O)(=O)CCc1ccccn1. The van der Waals surface area contributed by atoms with E-state index >= 15 is 0 Å². The highest BCUT2D eigenvalue weighted by Crippen LogP contribution is 2.07. The van der Waals surface area contributed by atoms with Crippen molar-refractivity contribution in [1.29, 1.82) is 5.41 Å². The molecule has 0 bridgehead atoms. The summed E-state index contributed by atoms with van der Waals surface area (Å²) < 4.78 is 25.1. The van der Waals surface area contributed by atoms with Crippen LogP contribution in [0.2, 0.25) is 0 Å². The number of pyridine rings is 1. The van der Waals surface area contributed by atoms with E-state index in [0.29, 0.717) is 6.42 Å². The predicted octanol–water partition coefficient (Wildman–Crippen LogP) is 0.210. The van der Waals surface area contributed by atoms with E-state index in [0.717, 1.165) is 10.00 Å². The first-order chi connectivity index (χ1) is 8.34. The maximum atomic E-state index is 12.0. The number of rotatable bonds is 6. The van der Waals surface area contributed by atoms with Crippen molar-refractivity contribution in [3.05, 3.63) is 30.1 Å². The van der Waals surface area contributed by atoms with Crippen LogP contribution in [0.15, 0.2) is 24.4 Å². The van der Waals surface area contributed by atoms with Gasteiger partial charge in [-0.15, -0.1) is 0 Å². The van der Waals surface area contributed by atoms with Crippen molar-refractivity contribution < 1.29 is 8.42 Å². The number of nitrogens with one attached hydrogen (secondary N) is 1. The van der Waals surface area contributed by atoms with E-state index in [1.165, 1.54) is 7.05 Å². The average molecular weight is 270 g/mol. The lowest BCUT2D eigenvalue weighted by atomic mass is 10.3. The van der Waals surface area contributed by atoms with Crippen molar-refractivity contribution in [2.75, 3.05) is 12.8 Å². The van der Waals surface area contributed by atoms with E-state index < -0.39 is 16.1 Å². The number of amidine groups is 1. The van der Waals surface area contributed by atoms with Gasteiger partial charge < -0.3 is 5.73 Å². The third-order valence-electron chi connectivity index (χ3n) is 2.78. The number of likely N-dealkylation sites (N-methyl/N-ethyl adjacent to an activating group) is 1. The highest BCUT2D eigenvalue weighted by Gasteiger charge is 2.24. The Hall–Kier alpha value is -1.47. The lowest BCUT2D eigenvalue weighted by Gasteiger charge is -2.23. The molecular weight excluding hydrogens is 252 g/mol. The molecule has 0 aromatic carbocycles. The van der Waals surface area contributed by atoms with E-state index in [2.05, 4.69) is 4.98 Å². The third-order valence-corrected chi connectivity index (χ3v) is 4.69. The highest BCUT2D eigenvalue weighted by molar-refractivity contribution is 7.89. The van der Waals surface area contributed by atoms with Crippen molar-refractivity contribution in [2.24, 2.45) is 5.73 Å². The molecule has 0 aliphatic heterocycles. The molecule has 18 heavy (non-hydrogen) atoms. The second kappa shape index (κ2) is 5.92. The van der Waals surface area contributed by atoms with Crippen molar-refractivity contribution in [3.63, 3.8) is 0 Å². The first-order valence-electron chi connectivity index (χ1n) is 5.54. The molecule has 0 fully saturated rings. The molecule has 0 amide bonds. The maximum Gasteiger partial charge on any atom is 0.214 e. The number of nitrogens with zero attached hydrogens (tertiary/aromatic N) is 2. The summed E-state index contributed by atoms with van der Waals surface area (Å²) in [5.41, 5.74) is 6.03. The van der Waals surface area contributed by atoms with Gasteiger partial charge in [-0.25, -0.2) is 8.42 Å². The Morgan fingerprint density at radius 3 is 2.72 bits per heavy atom. The van der Waals surface area contributed by atoms with Gasteiger partial charge in [0.25, 0.3) is 0 Å². The molecule has 3 N–H and O–H groups in total. The van der Waals surface area contributed by atoms with Crippen LogP contribution in [-0.2, 0) is 16.4 Å². The minimum Gasteiger partial charge on any atom is -0.386 e. The topological polar surface area (TPSA) is 100 Å². The first-order valence-corrected chi connectivity index (χ1v) is 7.15. The lowest BCUT2D eigenvalue weighted by molar-refractivity contribution is 0.448. The first kappa shape index (κ1) is 14.6. The average Bonchev–Trinajstić information content (AvgIpc) is 2.35. The minimum atomic E-state index is -3.43. The molecule has 0 aliphatic rings. The van der Waals surface area contributed by atoms with Gasteiger partial charge in [-0.1, -0.05) is 6.07 Å². The molecule has 1 aromatic rings. The van der Waals surface area contributed by atoms with Gasteiger partial charge in [0, 0.05) is 25.4 Å². The Balaban J connectivity index is 2.68. The Morgan fingerprint density at radius 2 is 2.22 bits per heavy atom. The number of hydrogen-bond donors (Lipinski definition) is 2. The van der Waals surface area contributed by atoms with E-state index in [1.807, 2.05) is 6.07 Å². The van der Waals surface area contributed by atoms with E-state index in [1.54, 1.807) is 25.3 Å². The molecule has 1 heterocycles. The standard InChI is InChI=1S/C11H18N4O2S/c1-9(11(12)13)15(2)18(16,17)8-6-10-5-3-4-7-14-10/h3-5,7,9H,6,8H2,1-2H3,(H3,12,13). The van der Waals surface area contributed by atoms with Gasteiger partial charge in [0.2, 0.25) is 10.0 Å². The Morgan fingerprint density at radius 1 is 1.56 bits per heavy atom. The fourth-order valence-electron chi connectivity index (χ4n) is 1.36. The predicted molar refractivity (Wildman–Crippen MR) is 70.9 cm³/mol. The summed E-state index contributed by atoms with van der Waals surface area (Å²) in [5, 5.41) is 7.27. The summed E-state index contributed by atoms with van der Waals surface area (Å²) in [7, 11) is -2.00. The van der Waals surface area contributed by atoms with E-state index in [-0.39, 0.29) is 11.6 Å². The van der Waals surface area contributed by atoms with Gasteiger partial charge in [0.1, 0.15) is 5.84 Å². The number of hydrogen-bond acceptors (Lipinski definition) is 4. The van der Waals surface area contributed by atoms with Gasteiger partial charge in [-0.3, -0.25) is 10.4 Å². The molecule has 6 nitrogen and oxygen atoms in total. The summed E-state index contributed by atoms with van der Waals surface area (Å²) in [6.45, 7) is 1.58. The molecule has 0 saturated heterocycles. The van der Waals surface area contributed by atoms with Gasteiger partial charge in [-0.2, -0.15) is 4.31 Å². The van der Waals surface area contributed by atoms with Crippen LogP contribution in [0, 0.1) is 5.41 Å². The Labute approximate surface area is 107 Å².